The second kappa shape index (κ2) is 4.88. The van der Waals surface area contributed by atoms with Crippen molar-refractivity contribution >= 4 is 5.97 Å². The summed E-state index contributed by atoms with van der Waals surface area (Å²) < 4.78 is 0. The molecule has 0 saturated heterocycles. The summed E-state index contributed by atoms with van der Waals surface area (Å²) in [5.41, 5.74) is 2.70. The summed E-state index contributed by atoms with van der Waals surface area (Å²) in [4.78, 5) is 13.1. The normalized spacial score (nSPS) is 21.0. The number of hydrogen-bond donors (Lipinski definition) is 1. The van der Waals surface area contributed by atoms with E-state index in [4.69, 9.17) is 0 Å². The van der Waals surface area contributed by atoms with Gasteiger partial charge in [0.15, 0.2) is 0 Å². The standard InChI is InChI=1S/C14H19NO2/c1-15(2)13(14(16)17)12-8-7-10-5-3-4-6-11(10)9-12/h3-6,12-13H,7-9H2,1-2H3,(H,16,17). The molecule has 0 bridgehead atoms. The molecule has 0 spiro atoms. The van der Waals surface area contributed by atoms with Crippen LogP contribution in [0.5, 0.6) is 0 Å². The summed E-state index contributed by atoms with van der Waals surface area (Å²) in [7, 11) is 3.69. The second-order valence-electron chi connectivity index (χ2n) is 5.02. The number of likely N-dealkylation sites (N-methyl/N-ethyl adjacent to an activating group) is 1. The summed E-state index contributed by atoms with van der Waals surface area (Å²) in [5.74, 6) is -0.489. The van der Waals surface area contributed by atoms with Crippen LogP contribution in [0.2, 0.25) is 0 Å². The van der Waals surface area contributed by atoms with Gasteiger partial charge >= 0.3 is 5.97 Å². The molecule has 2 unspecified atom stereocenters. The number of nitrogens with zero attached hydrogens (tertiary/aromatic N) is 1. The number of aryl methyl sites for hydroxylation is 1. The fourth-order valence-corrected chi connectivity index (χ4v) is 2.84. The molecule has 0 radical (unpaired) electrons. The van der Waals surface area contributed by atoms with Crippen molar-refractivity contribution in [1.29, 1.82) is 0 Å². The van der Waals surface area contributed by atoms with Crippen molar-refractivity contribution in [3.63, 3.8) is 0 Å². The van der Waals surface area contributed by atoms with Gasteiger partial charge in [-0.25, -0.2) is 0 Å². The first-order valence-corrected chi connectivity index (χ1v) is 6.05. The Morgan fingerprint density at radius 1 is 1.35 bits per heavy atom. The highest BCUT2D eigenvalue weighted by Crippen LogP contribution is 2.29. The fourth-order valence-electron chi connectivity index (χ4n) is 2.84. The molecular weight excluding hydrogens is 214 g/mol. The van der Waals surface area contributed by atoms with Crippen LogP contribution in [0.25, 0.3) is 0 Å². The van der Waals surface area contributed by atoms with Gasteiger partial charge in [0.25, 0.3) is 0 Å². The molecule has 0 fully saturated rings. The van der Waals surface area contributed by atoms with Crippen LogP contribution in [0, 0.1) is 5.92 Å². The van der Waals surface area contributed by atoms with Crippen LogP contribution in [0.3, 0.4) is 0 Å². The molecule has 1 aromatic carbocycles. The Bertz CT molecular complexity index is 414. The Morgan fingerprint density at radius 3 is 2.59 bits per heavy atom. The van der Waals surface area contributed by atoms with Crippen LogP contribution in [-0.4, -0.2) is 36.1 Å². The lowest BCUT2D eigenvalue weighted by atomic mass is 9.79. The number of rotatable bonds is 3. The first-order valence-electron chi connectivity index (χ1n) is 6.05. The summed E-state index contributed by atoms with van der Waals surface area (Å²) in [6, 6.07) is 7.99. The number of carbonyl (C=O) groups is 1. The minimum atomic E-state index is -0.709. The number of fused-ring (bicyclic) bond motifs is 1. The number of carboxylic acids is 1. The van der Waals surface area contributed by atoms with Gasteiger partial charge in [0.1, 0.15) is 6.04 Å². The molecule has 0 amide bonds. The molecule has 17 heavy (non-hydrogen) atoms. The zero-order chi connectivity index (χ0) is 12.4. The summed E-state index contributed by atoms with van der Waals surface area (Å²) in [6.07, 6.45) is 2.84. The predicted octanol–water partition coefficient (Wildman–Crippen LogP) is 1.81. The maximum atomic E-state index is 11.3. The molecule has 3 heteroatoms. The van der Waals surface area contributed by atoms with E-state index in [1.54, 1.807) is 0 Å². The smallest absolute Gasteiger partial charge is 0.321 e. The van der Waals surface area contributed by atoms with Gasteiger partial charge in [-0.05, 0) is 50.4 Å². The van der Waals surface area contributed by atoms with Gasteiger partial charge < -0.3 is 5.11 Å². The highest BCUT2D eigenvalue weighted by Gasteiger charge is 2.32. The number of benzene rings is 1. The first kappa shape index (κ1) is 12.1. The van der Waals surface area contributed by atoms with E-state index < -0.39 is 5.97 Å². The average Bonchev–Trinajstić information content (AvgIpc) is 2.28. The van der Waals surface area contributed by atoms with E-state index in [0.29, 0.717) is 0 Å². The van der Waals surface area contributed by atoms with Crippen LogP contribution in [0.1, 0.15) is 17.5 Å². The van der Waals surface area contributed by atoms with E-state index in [2.05, 4.69) is 18.2 Å². The molecule has 0 aromatic heterocycles. The molecule has 0 aliphatic heterocycles. The van der Waals surface area contributed by atoms with Crippen LogP contribution >= 0.6 is 0 Å². The Labute approximate surface area is 102 Å². The minimum Gasteiger partial charge on any atom is -0.480 e. The number of hydrogen-bond acceptors (Lipinski definition) is 2. The molecule has 92 valence electrons. The van der Waals surface area contributed by atoms with Gasteiger partial charge in [-0.15, -0.1) is 0 Å². The predicted molar refractivity (Wildman–Crippen MR) is 67.1 cm³/mol. The van der Waals surface area contributed by atoms with Crippen LogP contribution in [0.4, 0.5) is 0 Å². The zero-order valence-electron chi connectivity index (χ0n) is 10.4. The quantitative estimate of drug-likeness (QED) is 0.865. The van der Waals surface area contributed by atoms with Crippen LogP contribution < -0.4 is 0 Å². The van der Waals surface area contributed by atoms with Crippen molar-refractivity contribution in [3.8, 4) is 0 Å². The van der Waals surface area contributed by atoms with E-state index in [-0.39, 0.29) is 12.0 Å². The largest absolute Gasteiger partial charge is 0.480 e. The molecule has 3 nitrogen and oxygen atoms in total. The minimum absolute atomic E-state index is 0.220. The van der Waals surface area contributed by atoms with E-state index in [1.807, 2.05) is 25.1 Å². The maximum absolute atomic E-state index is 11.3. The van der Waals surface area contributed by atoms with Crippen molar-refractivity contribution in [3.05, 3.63) is 35.4 Å². The zero-order valence-corrected chi connectivity index (χ0v) is 10.4. The van der Waals surface area contributed by atoms with Gasteiger partial charge in [-0.3, -0.25) is 9.69 Å². The van der Waals surface area contributed by atoms with Crippen molar-refractivity contribution in [2.75, 3.05) is 14.1 Å². The Morgan fingerprint density at radius 2 is 2.00 bits per heavy atom. The molecular formula is C14H19NO2. The average molecular weight is 233 g/mol. The van der Waals surface area contributed by atoms with Crippen molar-refractivity contribution < 1.29 is 9.90 Å². The number of carboxylic acid groups (broad SMARTS) is 1. The third-order valence-electron chi connectivity index (χ3n) is 3.64. The molecule has 1 N–H and O–H groups in total. The molecule has 1 aromatic rings. The SMILES string of the molecule is CN(C)C(C(=O)O)C1CCc2ccccc2C1. The molecule has 2 rings (SSSR count). The van der Waals surface area contributed by atoms with Crippen LogP contribution in [-0.2, 0) is 17.6 Å². The van der Waals surface area contributed by atoms with Crippen molar-refractivity contribution in [2.24, 2.45) is 5.92 Å². The first-order chi connectivity index (χ1) is 8.09. The Balaban J connectivity index is 2.19. The topological polar surface area (TPSA) is 40.5 Å². The van der Waals surface area contributed by atoms with E-state index in [0.717, 1.165) is 19.3 Å². The lowest BCUT2D eigenvalue weighted by Gasteiger charge is -2.32. The lowest BCUT2D eigenvalue weighted by molar-refractivity contribution is -0.144. The summed E-state index contributed by atoms with van der Waals surface area (Å²) in [6.45, 7) is 0. The summed E-state index contributed by atoms with van der Waals surface area (Å²) >= 11 is 0. The van der Waals surface area contributed by atoms with Gasteiger partial charge in [0.05, 0.1) is 0 Å². The Kier molecular flexibility index (Phi) is 3.48. The van der Waals surface area contributed by atoms with Gasteiger partial charge in [0, 0.05) is 0 Å². The maximum Gasteiger partial charge on any atom is 0.321 e. The third kappa shape index (κ3) is 2.50. The van der Waals surface area contributed by atoms with Gasteiger partial charge in [-0.2, -0.15) is 0 Å². The highest BCUT2D eigenvalue weighted by atomic mass is 16.4. The third-order valence-corrected chi connectivity index (χ3v) is 3.64. The monoisotopic (exact) mass is 233 g/mol. The van der Waals surface area contributed by atoms with E-state index in [1.165, 1.54) is 11.1 Å². The van der Waals surface area contributed by atoms with E-state index in [9.17, 15) is 9.90 Å². The van der Waals surface area contributed by atoms with Gasteiger partial charge in [-0.1, -0.05) is 24.3 Å². The second-order valence-corrected chi connectivity index (χ2v) is 5.02. The molecule has 1 aliphatic rings. The molecule has 2 atom stereocenters. The van der Waals surface area contributed by atoms with Gasteiger partial charge in [0.2, 0.25) is 0 Å². The Hall–Kier alpha value is -1.35. The number of aliphatic carboxylic acids is 1. The highest BCUT2D eigenvalue weighted by molar-refractivity contribution is 5.74. The fraction of sp³-hybridized carbons (Fsp3) is 0.500. The van der Waals surface area contributed by atoms with Crippen molar-refractivity contribution in [1.82, 2.24) is 4.90 Å². The van der Waals surface area contributed by atoms with Crippen molar-refractivity contribution in [2.45, 2.75) is 25.3 Å². The van der Waals surface area contributed by atoms with E-state index >= 15 is 0 Å². The lowest BCUT2D eigenvalue weighted by Crippen LogP contribution is -2.44. The van der Waals surface area contributed by atoms with Crippen LogP contribution in [0.15, 0.2) is 24.3 Å². The molecule has 0 heterocycles. The summed E-state index contributed by atoms with van der Waals surface area (Å²) in [5, 5.41) is 9.30. The molecule has 0 saturated carbocycles. The molecule has 1 aliphatic carbocycles.